The van der Waals surface area contributed by atoms with Gasteiger partial charge in [0.15, 0.2) is 0 Å². The molecule has 0 saturated heterocycles. The Morgan fingerprint density at radius 3 is 2.22 bits per heavy atom. The molecule has 3 aromatic carbocycles. The average molecular weight is 443 g/mol. The van der Waals surface area contributed by atoms with Gasteiger partial charge in [0.1, 0.15) is 5.38 Å². The van der Waals surface area contributed by atoms with Gasteiger partial charge in [-0.25, -0.2) is 0 Å². The number of aromatic nitrogens is 1. The van der Waals surface area contributed by atoms with Crippen molar-refractivity contribution in [1.29, 1.82) is 0 Å². The molecule has 1 amide bonds. The SMILES string of the molecule is Cc1ccccc1Cn1cccc1CN(Cc1ccccc1)C(=O)C(Cl)c1ccccc1. The summed E-state index contributed by atoms with van der Waals surface area (Å²) in [5.74, 6) is -0.0923. The third-order valence-electron chi connectivity index (χ3n) is 5.72. The highest BCUT2D eigenvalue weighted by Crippen LogP contribution is 2.25. The molecule has 0 aliphatic rings. The molecule has 0 aliphatic heterocycles. The summed E-state index contributed by atoms with van der Waals surface area (Å²) in [6, 6.07) is 32.1. The molecule has 0 aliphatic carbocycles. The van der Waals surface area contributed by atoms with Crippen molar-refractivity contribution in [1.82, 2.24) is 9.47 Å². The van der Waals surface area contributed by atoms with Crippen LogP contribution in [0.25, 0.3) is 0 Å². The Bertz CT molecular complexity index is 1150. The molecule has 1 aromatic heterocycles. The molecule has 3 nitrogen and oxygen atoms in total. The molecule has 1 unspecified atom stereocenters. The van der Waals surface area contributed by atoms with Gasteiger partial charge in [-0.05, 0) is 41.3 Å². The molecule has 4 aromatic rings. The zero-order valence-electron chi connectivity index (χ0n) is 18.2. The van der Waals surface area contributed by atoms with Crippen LogP contribution in [0.1, 0.15) is 33.3 Å². The fraction of sp³-hybridized carbons (Fsp3) is 0.179. The van der Waals surface area contributed by atoms with E-state index in [0.29, 0.717) is 13.1 Å². The van der Waals surface area contributed by atoms with Gasteiger partial charge in [-0.3, -0.25) is 4.79 Å². The van der Waals surface area contributed by atoms with Gasteiger partial charge in [-0.2, -0.15) is 0 Å². The van der Waals surface area contributed by atoms with E-state index in [4.69, 9.17) is 11.6 Å². The maximum atomic E-state index is 13.5. The van der Waals surface area contributed by atoms with Crippen molar-refractivity contribution in [3.8, 4) is 0 Å². The van der Waals surface area contributed by atoms with Crippen LogP contribution in [0, 0.1) is 6.92 Å². The molecule has 0 bridgehead atoms. The number of halogens is 1. The molecule has 0 saturated carbocycles. The van der Waals surface area contributed by atoms with Crippen LogP contribution in [0.3, 0.4) is 0 Å². The lowest BCUT2D eigenvalue weighted by Crippen LogP contribution is -2.33. The predicted molar refractivity (Wildman–Crippen MR) is 130 cm³/mol. The topological polar surface area (TPSA) is 25.2 Å². The van der Waals surface area contributed by atoms with Crippen LogP contribution in [0.4, 0.5) is 0 Å². The van der Waals surface area contributed by atoms with Crippen molar-refractivity contribution in [3.05, 3.63) is 131 Å². The number of alkyl halides is 1. The van der Waals surface area contributed by atoms with E-state index in [1.54, 1.807) is 0 Å². The first-order valence-electron chi connectivity index (χ1n) is 10.8. The van der Waals surface area contributed by atoms with Crippen LogP contribution in [0.5, 0.6) is 0 Å². The van der Waals surface area contributed by atoms with Gasteiger partial charge in [0, 0.05) is 25.0 Å². The van der Waals surface area contributed by atoms with Crippen molar-refractivity contribution in [3.63, 3.8) is 0 Å². The van der Waals surface area contributed by atoms with Gasteiger partial charge in [0.25, 0.3) is 0 Å². The molecule has 0 N–H and O–H groups in total. The summed E-state index contributed by atoms with van der Waals surface area (Å²) in [6.45, 7) is 3.89. The minimum atomic E-state index is -0.723. The first-order valence-corrected chi connectivity index (χ1v) is 11.3. The van der Waals surface area contributed by atoms with E-state index in [2.05, 4.69) is 48.0 Å². The minimum absolute atomic E-state index is 0.0923. The Balaban J connectivity index is 1.59. The Labute approximate surface area is 194 Å². The van der Waals surface area contributed by atoms with Crippen molar-refractivity contribution < 1.29 is 4.79 Å². The van der Waals surface area contributed by atoms with Gasteiger partial charge in [0.05, 0.1) is 6.54 Å². The summed E-state index contributed by atoms with van der Waals surface area (Å²) in [7, 11) is 0. The number of benzene rings is 3. The minimum Gasteiger partial charge on any atom is -0.345 e. The summed E-state index contributed by atoms with van der Waals surface area (Å²) < 4.78 is 2.21. The molecule has 0 radical (unpaired) electrons. The normalized spacial score (nSPS) is 11.8. The molecular weight excluding hydrogens is 416 g/mol. The van der Waals surface area contributed by atoms with E-state index >= 15 is 0 Å². The third-order valence-corrected chi connectivity index (χ3v) is 6.15. The summed E-state index contributed by atoms with van der Waals surface area (Å²) in [6.07, 6.45) is 2.07. The molecule has 4 heteroatoms. The predicted octanol–water partition coefficient (Wildman–Crippen LogP) is 6.35. The van der Waals surface area contributed by atoms with Crippen LogP contribution in [0.15, 0.2) is 103 Å². The molecule has 0 spiro atoms. The number of aryl methyl sites for hydroxylation is 1. The van der Waals surface area contributed by atoms with E-state index < -0.39 is 5.38 Å². The molecular formula is C28H27ClN2O. The Morgan fingerprint density at radius 2 is 1.50 bits per heavy atom. The smallest absolute Gasteiger partial charge is 0.245 e. The van der Waals surface area contributed by atoms with Crippen molar-refractivity contribution >= 4 is 17.5 Å². The second-order valence-electron chi connectivity index (χ2n) is 8.01. The highest BCUT2D eigenvalue weighted by Gasteiger charge is 2.25. The fourth-order valence-corrected chi connectivity index (χ4v) is 4.14. The Morgan fingerprint density at radius 1 is 0.844 bits per heavy atom. The first-order chi connectivity index (χ1) is 15.6. The summed E-state index contributed by atoms with van der Waals surface area (Å²) in [4.78, 5) is 15.3. The van der Waals surface area contributed by atoms with Crippen LogP contribution in [-0.2, 0) is 24.4 Å². The van der Waals surface area contributed by atoms with E-state index in [9.17, 15) is 4.79 Å². The lowest BCUT2D eigenvalue weighted by atomic mass is 10.1. The summed E-state index contributed by atoms with van der Waals surface area (Å²) in [5, 5.41) is -0.723. The zero-order chi connectivity index (χ0) is 22.3. The number of hydrogen-bond donors (Lipinski definition) is 0. The third kappa shape index (κ3) is 5.30. The molecule has 1 atom stereocenters. The molecule has 162 valence electrons. The van der Waals surface area contributed by atoms with E-state index in [1.165, 1.54) is 11.1 Å². The van der Waals surface area contributed by atoms with Gasteiger partial charge < -0.3 is 9.47 Å². The second kappa shape index (κ2) is 10.3. The van der Waals surface area contributed by atoms with Gasteiger partial charge >= 0.3 is 0 Å². The second-order valence-corrected chi connectivity index (χ2v) is 8.44. The Kier molecular flexibility index (Phi) is 7.08. The first kappa shape index (κ1) is 21.9. The van der Waals surface area contributed by atoms with E-state index in [1.807, 2.05) is 71.6 Å². The number of rotatable bonds is 8. The maximum Gasteiger partial charge on any atom is 0.245 e. The van der Waals surface area contributed by atoms with Gasteiger partial charge in [-0.1, -0.05) is 84.9 Å². The largest absolute Gasteiger partial charge is 0.345 e. The van der Waals surface area contributed by atoms with Crippen molar-refractivity contribution in [2.75, 3.05) is 0 Å². The highest BCUT2D eigenvalue weighted by molar-refractivity contribution is 6.30. The van der Waals surface area contributed by atoms with Gasteiger partial charge in [-0.15, -0.1) is 11.6 Å². The summed E-state index contributed by atoms with van der Waals surface area (Å²) >= 11 is 6.65. The van der Waals surface area contributed by atoms with Crippen LogP contribution in [0.2, 0.25) is 0 Å². The van der Waals surface area contributed by atoms with Gasteiger partial charge in [0.2, 0.25) is 5.91 Å². The average Bonchev–Trinajstić information content (AvgIpc) is 3.27. The van der Waals surface area contributed by atoms with Crippen molar-refractivity contribution in [2.24, 2.45) is 0 Å². The number of nitrogens with zero attached hydrogens (tertiary/aromatic N) is 2. The monoisotopic (exact) mass is 442 g/mol. The van der Waals surface area contributed by atoms with E-state index in [-0.39, 0.29) is 5.91 Å². The quantitative estimate of drug-likeness (QED) is 0.292. The van der Waals surface area contributed by atoms with Crippen molar-refractivity contribution in [2.45, 2.75) is 31.9 Å². The Hall–Kier alpha value is -3.30. The highest BCUT2D eigenvalue weighted by atomic mass is 35.5. The number of amides is 1. The molecule has 0 fully saturated rings. The number of hydrogen-bond acceptors (Lipinski definition) is 1. The van der Waals surface area contributed by atoms with E-state index in [0.717, 1.165) is 23.4 Å². The van der Waals surface area contributed by atoms with Crippen LogP contribution >= 0.6 is 11.6 Å². The maximum absolute atomic E-state index is 13.5. The molecule has 4 rings (SSSR count). The van der Waals surface area contributed by atoms with Crippen LogP contribution in [-0.4, -0.2) is 15.4 Å². The molecule has 1 heterocycles. The zero-order valence-corrected chi connectivity index (χ0v) is 19.0. The fourth-order valence-electron chi connectivity index (χ4n) is 3.85. The number of carbonyl (C=O) groups is 1. The lowest BCUT2D eigenvalue weighted by molar-refractivity contribution is -0.132. The standard InChI is InChI=1S/C28H27ClN2O/c1-22-11-8-9-16-25(22)20-30-18-10-17-26(30)21-31(19-23-12-4-2-5-13-23)28(32)27(29)24-14-6-3-7-15-24/h2-18,27H,19-21H2,1H3. The summed E-state index contributed by atoms with van der Waals surface area (Å²) in [5.41, 5.74) is 5.50. The number of carbonyl (C=O) groups excluding carboxylic acids is 1. The van der Waals surface area contributed by atoms with Crippen LogP contribution < -0.4 is 0 Å². The lowest BCUT2D eigenvalue weighted by Gasteiger charge is -2.26. The molecule has 32 heavy (non-hydrogen) atoms.